The van der Waals surface area contributed by atoms with Crippen molar-refractivity contribution in [2.75, 3.05) is 13.1 Å². The van der Waals surface area contributed by atoms with Crippen LogP contribution in [-0.2, 0) is 27.9 Å². The molecular weight excluding hydrogens is 426 g/mol. The van der Waals surface area contributed by atoms with E-state index in [4.69, 9.17) is 0 Å². The average Bonchev–Trinajstić information content (AvgIpc) is 3.20. The largest absolute Gasteiger partial charge is 0.352 e. The third kappa shape index (κ3) is 4.68. The lowest BCUT2D eigenvalue weighted by molar-refractivity contribution is -0.126. The van der Waals surface area contributed by atoms with Crippen molar-refractivity contribution in [3.8, 4) is 0 Å². The number of aromatic nitrogens is 3. The molecule has 1 atom stereocenters. The van der Waals surface area contributed by atoms with E-state index in [9.17, 15) is 13.2 Å². The maximum atomic E-state index is 13.3. The zero-order chi connectivity index (χ0) is 22.7. The Kier molecular flexibility index (Phi) is 6.57. The minimum Gasteiger partial charge on any atom is -0.352 e. The third-order valence-electron chi connectivity index (χ3n) is 5.86. The summed E-state index contributed by atoms with van der Waals surface area (Å²) >= 11 is 0. The maximum absolute atomic E-state index is 13.3. The van der Waals surface area contributed by atoms with Crippen LogP contribution in [0.25, 0.3) is 11.0 Å². The summed E-state index contributed by atoms with van der Waals surface area (Å²) in [5.74, 6) is -0.470. The number of carbonyl (C=O) groups is 1. The molecule has 8 nitrogen and oxygen atoms in total. The molecule has 1 N–H and O–H groups in total. The number of nitrogens with zero attached hydrogens (tertiary/aromatic N) is 4. The van der Waals surface area contributed by atoms with Gasteiger partial charge in [0, 0.05) is 26.2 Å². The Morgan fingerprint density at radius 2 is 2.06 bits per heavy atom. The molecule has 9 heteroatoms. The number of piperidine rings is 1. The first-order valence-corrected chi connectivity index (χ1v) is 12.5. The molecule has 1 aliphatic rings. The highest BCUT2D eigenvalue weighted by molar-refractivity contribution is 7.89. The summed E-state index contributed by atoms with van der Waals surface area (Å²) in [5, 5.41) is 11.2. The number of rotatable bonds is 7. The van der Waals surface area contributed by atoms with Crippen molar-refractivity contribution >= 4 is 27.0 Å². The molecule has 170 valence electrons. The van der Waals surface area contributed by atoms with Crippen molar-refractivity contribution in [2.45, 2.75) is 51.1 Å². The highest BCUT2D eigenvalue weighted by atomic mass is 32.2. The predicted molar refractivity (Wildman–Crippen MR) is 122 cm³/mol. The Morgan fingerprint density at radius 1 is 1.22 bits per heavy atom. The van der Waals surface area contributed by atoms with Gasteiger partial charge in [0.15, 0.2) is 0 Å². The number of amides is 1. The Morgan fingerprint density at radius 3 is 2.84 bits per heavy atom. The topological polar surface area (TPSA) is 97.2 Å². The van der Waals surface area contributed by atoms with Gasteiger partial charge in [-0.05, 0) is 49.9 Å². The Balaban J connectivity index is 1.45. The summed E-state index contributed by atoms with van der Waals surface area (Å²) in [4.78, 5) is 12.9. The molecule has 0 saturated carbocycles. The Bertz CT molecular complexity index is 1220. The number of aryl methyl sites for hydroxylation is 2. The monoisotopic (exact) mass is 455 g/mol. The van der Waals surface area contributed by atoms with Gasteiger partial charge < -0.3 is 5.32 Å². The van der Waals surface area contributed by atoms with Crippen LogP contribution in [0.4, 0.5) is 0 Å². The van der Waals surface area contributed by atoms with Gasteiger partial charge in [0.2, 0.25) is 15.9 Å². The lowest BCUT2D eigenvalue weighted by atomic mass is 9.98. The molecular formula is C23H29N5O3S. The van der Waals surface area contributed by atoms with Gasteiger partial charge in [-0.1, -0.05) is 42.0 Å². The third-order valence-corrected chi connectivity index (χ3v) is 7.72. The number of hydrogen-bond donors (Lipinski definition) is 1. The van der Waals surface area contributed by atoms with Gasteiger partial charge >= 0.3 is 0 Å². The van der Waals surface area contributed by atoms with Crippen LogP contribution in [0.2, 0.25) is 0 Å². The van der Waals surface area contributed by atoms with Crippen molar-refractivity contribution in [1.82, 2.24) is 24.6 Å². The quantitative estimate of drug-likeness (QED) is 0.591. The first-order chi connectivity index (χ1) is 15.4. The summed E-state index contributed by atoms with van der Waals surface area (Å²) in [6, 6.07) is 12.9. The van der Waals surface area contributed by atoms with E-state index in [0.29, 0.717) is 31.4 Å². The van der Waals surface area contributed by atoms with Crippen molar-refractivity contribution in [3.05, 3.63) is 53.6 Å². The number of fused-ring (bicyclic) bond motifs is 1. The van der Waals surface area contributed by atoms with Gasteiger partial charge in [-0.25, -0.2) is 13.1 Å². The zero-order valence-electron chi connectivity index (χ0n) is 18.5. The lowest BCUT2D eigenvalue weighted by Gasteiger charge is -2.31. The molecule has 1 aromatic heterocycles. The van der Waals surface area contributed by atoms with Gasteiger partial charge in [0.05, 0.1) is 16.3 Å². The van der Waals surface area contributed by atoms with Crippen LogP contribution in [0.5, 0.6) is 0 Å². The average molecular weight is 456 g/mol. The van der Waals surface area contributed by atoms with Crippen molar-refractivity contribution in [2.24, 2.45) is 5.92 Å². The molecule has 4 rings (SSSR count). The second-order valence-electron chi connectivity index (χ2n) is 8.37. The van der Waals surface area contributed by atoms with E-state index in [1.807, 2.05) is 31.2 Å². The second-order valence-corrected chi connectivity index (χ2v) is 10.3. The van der Waals surface area contributed by atoms with Gasteiger partial charge in [0.25, 0.3) is 0 Å². The maximum Gasteiger partial charge on any atom is 0.243 e. The molecule has 1 amide bonds. The normalized spacial score (nSPS) is 17.5. The number of nitrogens with one attached hydrogen (secondary N) is 1. The van der Waals surface area contributed by atoms with E-state index in [0.717, 1.165) is 29.6 Å². The first-order valence-electron chi connectivity index (χ1n) is 11.0. The molecule has 2 heterocycles. The molecule has 3 aromatic rings. The van der Waals surface area contributed by atoms with Crippen LogP contribution in [0, 0.1) is 12.8 Å². The van der Waals surface area contributed by atoms with Crippen molar-refractivity contribution in [3.63, 3.8) is 0 Å². The minimum atomic E-state index is -3.72. The van der Waals surface area contributed by atoms with Crippen LogP contribution in [0.3, 0.4) is 0 Å². The van der Waals surface area contributed by atoms with Crippen LogP contribution >= 0.6 is 0 Å². The molecule has 0 unspecified atom stereocenters. The molecule has 1 saturated heterocycles. The molecule has 2 aromatic carbocycles. The van der Waals surface area contributed by atoms with E-state index < -0.39 is 10.0 Å². The van der Waals surface area contributed by atoms with Crippen molar-refractivity contribution in [1.29, 1.82) is 0 Å². The van der Waals surface area contributed by atoms with Crippen LogP contribution in [-0.4, -0.2) is 46.7 Å². The highest BCUT2D eigenvalue weighted by Gasteiger charge is 2.33. The van der Waals surface area contributed by atoms with E-state index in [2.05, 4.69) is 22.6 Å². The summed E-state index contributed by atoms with van der Waals surface area (Å²) in [5.41, 5.74) is 3.54. The number of hydrogen-bond acceptors (Lipinski definition) is 5. The number of benzene rings is 2. The van der Waals surface area contributed by atoms with E-state index in [-0.39, 0.29) is 23.3 Å². The summed E-state index contributed by atoms with van der Waals surface area (Å²) in [7, 11) is -3.72. The van der Waals surface area contributed by atoms with Crippen molar-refractivity contribution < 1.29 is 13.2 Å². The SMILES string of the molecule is CCCn1nnc2cc(S(=O)(=O)N3CCC[C@@H](C(=O)NCc4cccc(C)c4)C3)ccc21. The van der Waals surface area contributed by atoms with Crippen LogP contribution in [0.15, 0.2) is 47.4 Å². The lowest BCUT2D eigenvalue weighted by Crippen LogP contribution is -2.45. The van der Waals surface area contributed by atoms with Gasteiger partial charge in [-0.15, -0.1) is 5.10 Å². The zero-order valence-corrected chi connectivity index (χ0v) is 19.3. The minimum absolute atomic E-state index is 0.107. The molecule has 0 radical (unpaired) electrons. The molecule has 0 bridgehead atoms. The number of carbonyl (C=O) groups excluding carboxylic acids is 1. The molecule has 1 fully saturated rings. The fraction of sp³-hybridized carbons (Fsp3) is 0.435. The van der Waals surface area contributed by atoms with Gasteiger partial charge in [0.1, 0.15) is 5.52 Å². The molecule has 0 spiro atoms. The summed E-state index contributed by atoms with van der Waals surface area (Å²) in [6.07, 6.45) is 2.24. The molecule has 32 heavy (non-hydrogen) atoms. The van der Waals surface area contributed by atoms with E-state index in [1.165, 1.54) is 4.31 Å². The van der Waals surface area contributed by atoms with E-state index in [1.54, 1.807) is 22.9 Å². The summed E-state index contributed by atoms with van der Waals surface area (Å²) < 4.78 is 29.8. The van der Waals surface area contributed by atoms with E-state index >= 15 is 0 Å². The fourth-order valence-corrected chi connectivity index (χ4v) is 5.71. The smallest absolute Gasteiger partial charge is 0.243 e. The summed E-state index contributed by atoms with van der Waals surface area (Å²) in [6.45, 7) is 5.82. The highest BCUT2D eigenvalue weighted by Crippen LogP contribution is 2.26. The fourth-order valence-electron chi connectivity index (χ4n) is 4.17. The van der Waals surface area contributed by atoms with Crippen LogP contribution in [0.1, 0.15) is 37.3 Å². The number of sulfonamides is 1. The molecule has 0 aliphatic carbocycles. The molecule has 1 aliphatic heterocycles. The van der Waals surface area contributed by atoms with Gasteiger partial charge in [-0.3, -0.25) is 4.79 Å². The van der Waals surface area contributed by atoms with Gasteiger partial charge in [-0.2, -0.15) is 4.31 Å². The standard InChI is InChI=1S/C23H29N5O3S/c1-3-11-28-22-10-9-20(14-21(22)25-26-28)32(30,31)27-12-5-8-19(16-27)23(29)24-15-18-7-4-6-17(2)13-18/h4,6-7,9-10,13-14,19H,3,5,8,11-12,15-16H2,1-2H3,(H,24,29)/t19-/m1/s1. The Labute approximate surface area is 188 Å². The predicted octanol–water partition coefficient (Wildman–Crippen LogP) is 2.87. The van der Waals surface area contributed by atoms with Crippen LogP contribution < -0.4 is 5.32 Å². The second kappa shape index (κ2) is 9.38. The first kappa shape index (κ1) is 22.4. The Hall–Kier alpha value is -2.78.